The lowest BCUT2D eigenvalue weighted by molar-refractivity contribution is -0.125. The summed E-state index contributed by atoms with van der Waals surface area (Å²) in [5, 5.41) is 15.9. The summed E-state index contributed by atoms with van der Waals surface area (Å²) in [5.74, 6) is 0.464. The number of amides is 1. The monoisotopic (exact) mass is 228 g/mol. The van der Waals surface area contributed by atoms with Gasteiger partial charge in [-0.15, -0.1) is 0 Å². The summed E-state index contributed by atoms with van der Waals surface area (Å²) in [6.07, 6.45) is 2.41. The fourth-order valence-corrected chi connectivity index (χ4v) is 2.23. The summed E-state index contributed by atoms with van der Waals surface area (Å²) in [5.41, 5.74) is 0. The van der Waals surface area contributed by atoms with E-state index in [0.717, 1.165) is 32.4 Å². The molecule has 1 saturated heterocycles. The van der Waals surface area contributed by atoms with Crippen LogP contribution >= 0.6 is 0 Å². The van der Waals surface area contributed by atoms with Crippen LogP contribution in [-0.2, 0) is 4.79 Å². The van der Waals surface area contributed by atoms with Crippen LogP contribution in [0.4, 0.5) is 0 Å². The van der Waals surface area contributed by atoms with Gasteiger partial charge in [0, 0.05) is 13.1 Å². The Balaban J connectivity index is 2.24. The largest absolute Gasteiger partial charge is 0.391 e. The summed E-state index contributed by atoms with van der Waals surface area (Å²) < 4.78 is 0. The molecule has 94 valence electrons. The molecule has 4 nitrogen and oxygen atoms in total. The smallest absolute Gasteiger partial charge is 0.224 e. The van der Waals surface area contributed by atoms with Gasteiger partial charge in [0.1, 0.15) is 0 Å². The number of aliphatic hydroxyl groups excluding tert-OH is 1. The summed E-state index contributed by atoms with van der Waals surface area (Å²) in [7, 11) is 0. The highest BCUT2D eigenvalue weighted by molar-refractivity contribution is 5.79. The molecule has 2 unspecified atom stereocenters. The van der Waals surface area contributed by atoms with Crippen molar-refractivity contribution in [1.29, 1.82) is 0 Å². The first-order chi connectivity index (χ1) is 7.69. The zero-order valence-electron chi connectivity index (χ0n) is 10.3. The van der Waals surface area contributed by atoms with Gasteiger partial charge in [-0.25, -0.2) is 0 Å². The topological polar surface area (TPSA) is 61.4 Å². The highest BCUT2D eigenvalue weighted by atomic mass is 16.3. The minimum Gasteiger partial charge on any atom is -0.391 e. The predicted molar refractivity (Wildman–Crippen MR) is 64.1 cm³/mol. The normalized spacial score (nSPS) is 22.4. The minimum atomic E-state index is -0.409. The van der Waals surface area contributed by atoms with E-state index in [1.165, 1.54) is 0 Å². The number of hydrogen-bond acceptors (Lipinski definition) is 3. The maximum absolute atomic E-state index is 11.7. The van der Waals surface area contributed by atoms with Crippen LogP contribution in [0.1, 0.15) is 33.1 Å². The number of carbonyl (C=O) groups excluding carboxylic acids is 1. The summed E-state index contributed by atoms with van der Waals surface area (Å²) >= 11 is 0. The van der Waals surface area contributed by atoms with E-state index in [-0.39, 0.29) is 11.8 Å². The van der Waals surface area contributed by atoms with Crippen molar-refractivity contribution >= 4 is 5.91 Å². The van der Waals surface area contributed by atoms with Crippen molar-refractivity contribution in [3.05, 3.63) is 0 Å². The van der Waals surface area contributed by atoms with Gasteiger partial charge in [0.15, 0.2) is 0 Å². The molecule has 16 heavy (non-hydrogen) atoms. The maximum atomic E-state index is 11.7. The standard InChI is InChI=1S/C12H24N2O2/c1-3-9(4-2)11(15)8-14-12(16)10-5-6-13-7-10/h9-11,13,15H,3-8H2,1-2H3,(H,14,16). The molecule has 2 atom stereocenters. The Morgan fingerprint density at radius 3 is 2.69 bits per heavy atom. The Kier molecular flexibility index (Phi) is 5.77. The fraction of sp³-hybridized carbons (Fsp3) is 0.917. The molecule has 1 fully saturated rings. The Morgan fingerprint density at radius 2 is 2.19 bits per heavy atom. The molecule has 0 saturated carbocycles. The second kappa shape index (κ2) is 6.86. The fourth-order valence-electron chi connectivity index (χ4n) is 2.23. The summed E-state index contributed by atoms with van der Waals surface area (Å²) in [6.45, 7) is 6.22. The SMILES string of the molecule is CCC(CC)C(O)CNC(=O)C1CCNC1. The van der Waals surface area contributed by atoms with Crippen molar-refractivity contribution in [3.63, 3.8) is 0 Å². The molecule has 0 radical (unpaired) electrons. The van der Waals surface area contributed by atoms with E-state index in [9.17, 15) is 9.90 Å². The third kappa shape index (κ3) is 3.76. The minimum absolute atomic E-state index is 0.0787. The highest BCUT2D eigenvalue weighted by Gasteiger charge is 2.23. The van der Waals surface area contributed by atoms with E-state index in [1.807, 2.05) is 0 Å². The lowest BCUT2D eigenvalue weighted by Crippen LogP contribution is -2.39. The van der Waals surface area contributed by atoms with E-state index in [2.05, 4.69) is 24.5 Å². The van der Waals surface area contributed by atoms with E-state index < -0.39 is 6.10 Å². The molecule has 1 heterocycles. The van der Waals surface area contributed by atoms with Crippen LogP contribution in [-0.4, -0.2) is 36.8 Å². The molecular formula is C12H24N2O2. The van der Waals surface area contributed by atoms with Crippen LogP contribution in [0.25, 0.3) is 0 Å². The maximum Gasteiger partial charge on any atom is 0.224 e. The molecule has 4 heteroatoms. The lowest BCUT2D eigenvalue weighted by Gasteiger charge is -2.21. The predicted octanol–water partition coefficient (Wildman–Crippen LogP) is 0.509. The highest BCUT2D eigenvalue weighted by Crippen LogP contribution is 2.13. The second-order valence-electron chi connectivity index (χ2n) is 4.58. The van der Waals surface area contributed by atoms with E-state index in [0.29, 0.717) is 12.5 Å². The van der Waals surface area contributed by atoms with Gasteiger partial charge in [-0.1, -0.05) is 26.7 Å². The van der Waals surface area contributed by atoms with Crippen molar-refractivity contribution in [2.24, 2.45) is 11.8 Å². The number of hydrogen-bond donors (Lipinski definition) is 3. The van der Waals surface area contributed by atoms with Gasteiger partial charge in [-0.2, -0.15) is 0 Å². The summed E-state index contributed by atoms with van der Waals surface area (Å²) in [6, 6.07) is 0. The van der Waals surface area contributed by atoms with E-state index in [4.69, 9.17) is 0 Å². The molecule has 3 N–H and O–H groups in total. The Morgan fingerprint density at radius 1 is 1.50 bits per heavy atom. The number of carbonyl (C=O) groups is 1. The molecular weight excluding hydrogens is 204 g/mol. The third-order valence-electron chi connectivity index (χ3n) is 3.51. The van der Waals surface area contributed by atoms with Gasteiger partial charge in [0.25, 0.3) is 0 Å². The molecule has 0 aromatic carbocycles. The quantitative estimate of drug-likeness (QED) is 0.621. The van der Waals surface area contributed by atoms with Gasteiger partial charge in [0.2, 0.25) is 5.91 Å². The van der Waals surface area contributed by atoms with Crippen molar-refractivity contribution in [2.45, 2.75) is 39.2 Å². The van der Waals surface area contributed by atoms with Gasteiger partial charge in [0.05, 0.1) is 12.0 Å². The second-order valence-corrected chi connectivity index (χ2v) is 4.58. The first kappa shape index (κ1) is 13.5. The van der Waals surface area contributed by atoms with Crippen molar-refractivity contribution in [1.82, 2.24) is 10.6 Å². The van der Waals surface area contributed by atoms with E-state index in [1.54, 1.807) is 0 Å². The third-order valence-corrected chi connectivity index (χ3v) is 3.51. The first-order valence-corrected chi connectivity index (χ1v) is 6.35. The van der Waals surface area contributed by atoms with Crippen LogP contribution in [0.15, 0.2) is 0 Å². The Bertz CT molecular complexity index is 211. The molecule has 0 aromatic rings. The lowest BCUT2D eigenvalue weighted by atomic mass is 9.96. The van der Waals surface area contributed by atoms with Crippen molar-refractivity contribution < 1.29 is 9.90 Å². The zero-order valence-corrected chi connectivity index (χ0v) is 10.3. The molecule has 0 aromatic heterocycles. The average Bonchev–Trinajstić information content (AvgIpc) is 2.81. The first-order valence-electron chi connectivity index (χ1n) is 6.35. The average molecular weight is 228 g/mol. The number of aliphatic hydroxyl groups is 1. The molecule has 0 spiro atoms. The molecule has 0 bridgehead atoms. The Hall–Kier alpha value is -0.610. The molecule has 1 aliphatic heterocycles. The van der Waals surface area contributed by atoms with Crippen LogP contribution in [0.3, 0.4) is 0 Å². The van der Waals surface area contributed by atoms with Gasteiger partial charge in [-0.05, 0) is 18.9 Å². The van der Waals surface area contributed by atoms with Gasteiger partial charge < -0.3 is 15.7 Å². The van der Waals surface area contributed by atoms with Gasteiger partial charge >= 0.3 is 0 Å². The Labute approximate surface area is 97.8 Å². The number of rotatable bonds is 6. The van der Waals surface area contributed by atoms with E-state index >= 15 is 0 Å². The van der Waals surface area contributed by atoms with Gasteiger partial charge in [-0.3, -0.25) is 4.79 Å². The molecule has 1 aliphatic rings. The van der Waals surface area contributed by atoms with Crippen LogP contribution in [0.5, 0.6) is 0 Å². The summed E-state index contributed by atoms with van der Waals surface area (Å²) in [4.78, 5) is 11.7. The molecule has 1 rings (SSSR count). The molecule has 1 amide bonds. The van der Waals surface area contributed by atoms with Crippen molar-refractivity contribution in [2.75, 3.05) is 19.6 Å². The molecule has 0 aliphatic carbocycles. The number of nitrogens with one attached hydrogen (secondary N) is 2. The van der Waals surface area contributed by atoms with Crippen LogP contribution in [0.2, 0.25) is 0 Å². The zero-order chi connectivity index (χ0) is 12.0. The van der Waals surface area contributed by atoms with Crippen LogP contribution < -0.4 is 10.6 Å². The van der Waals surface area contributed by atoms with Crippen molar-refractivity contribution in [3.8, 4) is 0 Å². The van der Waals surface area contributed by atoms with Crippen LogP contribution in [0, 0.1) is 11.8 Å².